The predicted molar refractivity (Wildman–Crippen MR) is 70.6 cm³/mol. The summed E-state index contributed by atoms with van der Waals surface area (Å²) in [6, 6.07) is 9.92. The lowest BCUT2D eigenvalue weighted by Crippen LogP contribution is -1.97. The lowest BCUT2D eigenvalue weighted by Gasteiger charge is -2.12. The molecule has 0 aliphatic heterocycles. The Kier molecular flexibility index (Phi) is 3.46. The lowest BCUT2D eigenvalue weighted by atomic mass is 9.94. The Labute approximate surface area is 106 Å². The van der Waals surface area contributed by atoms with Crippen LogP contribution in [0.2, 0.25) is 0 Å². The van der Waals surface area contributed by atoms with Gasteiger partial charge in [0.1, 0.15) is 11.6 Å². The minimum Gasteiger partial charge on any atom is -0.207 e. The minimum absolute atomic E-state index is 0.129. The normalized spacial score (nSPS) is 11.0. The van der Waals surface area contributed by atoms with Gasteiger partial charge >= 0.3 is 0 Å². The molecular formula is C16H16F2. The monoisotopic (exact) mass is 246 g/mol. The largest absolute Gasteiger partial charge is 0.207 e. The molecule has 0 aliphatic carbocycles. The van der Waals surface area contributed by atoms with Gasteiger partial charge in [0.05, 0.1) is 0 Å². The third-order valence-corrected chi connectivity index (χ3v) is 3.08. The highest BCUT2D eigenvalue weighted by Crippen LogP contribution is 2.28. The third kappa shape index (κ3) is 2.42. The first-order chi connectivity index (χ1) is 8.49. The second kappa shape index (κ2) is 4.89. The molecule has 0 radical (unpaired) electrons. The van der Waals surface area contributed by atoms with E-state index in [-0.39, 0.29) is 17.6 Å². The van der Waals surface area contributed by atoms with E-state index in [9.17, 15) is 8.78 Å². The van der Waals surface area contributed by atoms with Gasteiger partial charge < -0.3 is 0 Å². The van der Waals surface area contributed by atoms with Crippen molar-refractivity contribution in [3.05, 3.63) is 59.2 Å². The molecule has 0 saturated carbocycles. The first-order valence-corrected chi connectivity index (χ1v) is 6.05. The highest BCUT2D eigenvalue weighted by Gasteiger charge is 2.11. The van der Waals surface area contributed by atoms with Crippen LogP contribution in [0.4, 0.5) is 8.78 Å². The minimum atomic E-state index is -0.262. The Morgan fingerprint density at radius 1 is 0.889 bits per heavy atom. The molecule has 0 atom stereocenters. The van der Waals surface area contributed by atoms with Gasteiger partial charge in [0.25, 0.3) is 0 Å². The van der Waals surface area contributed by atoms with Crippen molar-refractivity contribution in [3.63, 3.8) is 0 Å². The molecule has 18 heavy (non-hydrogen) atoms. The molecule has 0 unspecified atom stereocenters. The van der Waals surface area contributed by atoms with E-state index in [0.29, 0.717) is 11.1 Å². The predicted octanol–water partition coefficient (Wildman–Crippen LogP) is 5.06. The van der Waals surface area contributed by atoms with E-state index in [2.05, 4.69) is 0 Å². The lowest BCUT2D eigenvalue weighted by molar-refractivity contribution is 0.590. The molecular weight excluding hydrogens is 230 g/mol. The van der Waals surface area contributed by atoms with Crippen molar-refractivity contribution < 1.29 is 8.78 Å². The number of benzene rings is 2. The van der Waals surface area contributed by atoms with Crippen LogP contribution in [-0.2, 0) is 0 Å². The van der Waals surface area contributed by atoms with Gasteiger partial charge in [-0.3, -0.25) is 0 Å². The topological polar surface area (TPSA) is 0 Å². The van der Waals surface area contributed by atoms with Crippen LogP contribution in [0.25, 0.3) is 11.1 Å². The fraction of sp³-hybridized carbons (Fsp3) is 0.250. The molecule has 0 aromatic heterocycles. The van der Waals surface area contributed by atoms with Crippen LogP contribution < -0.4 is 0 Å². The number of hydrogen-bond donors (Lipinski definition) is 0. The molecule has 0 heterocycles. The van der Waals surface area contributed by atoms with Crippen molar-refractivity contribution >= 4 is 0 Å². The molecule has 0 saturated heterocycles. The molecule has 2 aromatic carbocycles. The van der Waals surface area contributed by atoms with Gasteiger partial charge in [-0.1, -0.05) is 26.0 Å². The maximum atomic E-state index is 14.0. The zero-order valence-corrected chi connectivity index (χ0v) is 10.8. The summed E-state index contributed by atoms with van der Waals surface area (Å²) in [6.07, 6.45) is 0. The van der Waals surface area contributed by atoms with E-state index in [0.717, 1.165) is 11.1 Å². The summed E-state index contributed by atoms with van der Waals surface area (Å²) in [6.45, 7) is 5.69. The molecule has 0 amide bonds. The average Bonchev–Trinajstić information content (AvgIpc) is 2.33. The van der Waals surface area contributed by atoms with E-state index in [4.69, 9.17) is 0 Å². The highest BCUT2D eigenvalue weighted by atomic mass is 19.1. The van der Waals surface area contributed by atoms with Crippen molar-refractivity contribution in [2.45, 2.75) is 26.7 Å². The van der Waals surface area contributed by atoms with Crippen LogP contribution >= 0.6 is 0 Å². The third-order valence-electron chi connectivity index (χ3n) is 3.08. The molecule has 0 spiro atoms. The second-order valence-corrected chi connectivity index (χ2v) is 4.86. The van der Waals surface area contributed by atoms with E-state index in [1.807, 2.05) is 19.9 Å². The fourth-order valence-electron chi connectivity index (χ4n) is 2.03. The first-order valence-electron chi connectivity index (χ1n) is 6.05. The Balaban J connectivity index is 2.55. The van der Waals surface area contributed by atoms with Crippen molar-refractivity contribution in [2.24, 2.45) is 0 Å². The van der Waals surface area contributed by atoms with Crippen molar-refractivity contribution in [3.8, 4) is 11.1 Å². The second-order valence-electron chi connectivity index (χ2n) is 4.86. The van der Waals surface area contributed by atoms with Gasteiger partial charge in [-0.2, -0.15) is 0 Å². The van der Waals surface area contributed by atoms with Gasteiger partial charge in [0.2, 0.25) is 0 Å². The molecule has 2 heteroatoms. The number of rotatable bonds is 2. The molecule has 0 N–H and O–H groups in total. The van der Waals surface area contributed by atoms with Crippen LogP contribution in [-0.4, -0.2) is 0 Å². The van der Waals surface area contributed by atoms with Crippen LogP contribution in [0.1, 0.15) is 30.9 Å². The van der Waals surface area contributed by atoms with Crippen LogP contribution in [0.15, 0.2) is 36.4 Å². The van der Waals surface area contributed by atoms with Gasteiger partial charge in [-0.15, -0.1) is 0 Å². The number of aryl methyl sites for hydroxylation is 1. The molecule has 0 bridgehead atoms. The maximum Gasteiger partial charge on any atom is 0.129 e. The van der Waals surface area contributed by atoms with Crippen LogP contribution in [0.3, 0.4) is 0 Å². The summed E-state index contributed by atoms with van der Waals surface area (Å²) in [7, 11) is 0. The molecule has 0 nitrogen and oxygen atoms in total. The first kappa shape index (κ1) is 12.7. The van der Waals surface area contributed by atoms with Crippen LogP contribution in [0, 0.1) is 18.6 Å². The summed E-state index contributed by atoms with van der Waals surface area (Å²) in [4.78, 5) is 0. The quantitative estimate of drug-likeness (QED) is 0.694. The van der Waals surface area contributed by atoms with Crippen molar-refractivity contribution in [1.29, 1.82) is 0 Å². The van der Waals surface area contributed by atoms with Gasteiger partial charge in [-0.05, 0) is 59.4 Å². The van der Waals surface area contributed by atoms with E-state index >= 15 is 0 Å². The summed E-state index contributed by atoms with van der Waals surface area (Å²) in [5.74, 6) is -0.276. The Hall–Kier alpha value is -1.70. The number of hydrogen-bond acceptors (Lipinski definition) is 0. The van der Waals surface area contributed by atoms with Crippen LogP contribution in [0.5, 0.6) is 0 Å². The summed E-state index contributed by atoms with van der Waals surface area (Å²) < 4.78 is 26.8. The Morgan fingerprint density at radius 3 is 2.06 bits per heavy atom. The zero-order chi connectivity index (χ0) is 13.3. The van der Waals surface area contributed by atoms with E-state index < -0.39 is 0 Å². The maximum absolute atomic E-state index is 14.0. The Bertz CT molecular complexity index is 554. The summed E-state index contributed by atoms with van der Waals surface area (Å²) in [5, 5.41) is 0. The summed E-state index contributed by atoms with van der Waals surface area (Å²) >= 11 is 0. The van der Waals surface area contributed by atoms with Gasteiger partial charge in [-0.25, -0.2) is 8.78 Å². The molecule has 0 aliphatic rings. The molecule has 2 aromatic rings. The van der Waals surface area contributed by atoms with Crippen molar-refractivity contribution in [1.82, 2.24) is 0 Å². The SMILES string of the molecule is Cc1cc(-c2ccc(F)cc2)cc(C(C)C)c1F. The van der Waals surface area contributed by atoms with Gasteiger partial charge in [0, 0.05) is 0 Å². The van der Waals surface area contributed by atoms with E-state index in [1.165, 1.54) is 12.1 Å². The zero-order valence-electron chi connectivity index (χ0n) is 10.8. The summed E-state index contributed by atoms with van der Waals surface area (Å²) in [5.41, 5.74) is 3.16. The van der Waals surface area contributed by atoms with Gasteiger partial charge in [0.15, 0.2) is 0 Å². The fourth-order valence-corrected chi connectivity index (χ4v) is 2.03. The smallest absolute Gasteiger partial charge is 0.129 e. The molecule has 0 fully saturated rings. The van der Waals surface area contributed by atoms with E-state index in [1.54, 1.807) is 25.1 Å². The highest BCUT2D eigenvalue weighted by molar-refractivity contribution is 5.65. The number of halogens is 2. The molecule has 94 valence electrons. The molecule has 2 rings (SSSR count). The van der Waals surface area contributed by atoms with Crippen molar-refractivity contribution in [2.75, 3.05) is 0 Å². The average molecular weight is 246 g/mol. The Morgan fingerprint density at radius 2 is 1.50 bits per heavy atom. The standard InChI is InChI=1S/C16H16F2/c1-10(2)15-9-13(8-11(3)16(15)18)12-4-6-14(17)7-5-12/h4-10H,1-3H3.